The van der Waals surface area contributed by atoms with Crippen LogP contribution in [0, 0.1) is 0 Å². The maximum Gasteiger partial charge on any atom is 0.244 e. The lowest BCUT2D eigenvalue weighted by Gasteiger charge is -2.33. The third-order valence-corrected chi connectivity index (χ3v) is 4.12. The molecule has 0 aromatic heterocycles. The third kappa shape index (κ3) is 2.12. The highest BCUT2D eigenvalue weighted by Crippen LogP contribution is 2.36. The first-order chi connectivity index (χ1) is 9.81. The molecule has 106 valence electrons. The first-order valence-corrected chi connectivity index (χ1v) is 7.28. The molecule has 20 heavy (non-hydrogen) atoms. The summed E-state index contributed by atoms with van der Waals surface area (Å²) in [6, 6.07) is 6.25. The summed E-state index contributed by atoms with van der Waals surface area (Å²) in [7, 11) is 0. The number of ether oxygens (including phenoxy) is 2. The van der Waals surface area contributed by atoms with Crippen molar-refractivity contribution >= 4 is 11.6 Å². The molecule has 2 heterocycles. The Balaban J connectivity index is 1.55. The van der Waals surface area contributed by atoms with Crippen molar-refractivity contribution in [1.82, 2.24) is 5.32 Å². The summed E-state index contributed by atoms with van der Waals surface area (Å²) in [5.41, 5.74) is 0.904. The van der Waals surface area contributed by atoms with Crippen molar-refractivity contribution in [2.45, 2.75) is 37.8 Å². The maximum absolute atomic E-state index is 12.6. The lowest BCUT2D eigenvalue weighted by Crippen LogP contribution is -2.51. The van der Waals surface area contributed by atoms with E-state index in [4.69, 9.17) is 9.47 Å². The van der Waals surface area contributed by atoms with E-state index in [0.29, 0.717) is 6.04 Å². The molecule has 1 saturated heterocycles. The molecule has 1 atom stereocenters. The van der Waals surface area contributed by atoms with Gasteiger partial charge >= 0.3 is 0 Å². The van der Waals surface area contributed by atoms with Crippen molar-refractivity contribution in [2.75, 3.05) is 18.2 Å². The van der Waals surface area contributed by atoms with Gasteiger partial charge in [0.15, 0.2) is 11.5 Å². The molecule has 5 heteroatoms. The molecule has 1 unspecified atom stereocenters. The number of carbonyl (C=O) groups excluding carboxylic acids is 1. The van der Waals surface area contributed by atoms with Crippen molar-refractivity contribution in [3.8, 4) is 11.5 Å². The van der Waals surface area contributed by atoms with Crippen LogP contribution in [0.4, 0.5) is 5.69 Å². The zero-order valence-electron chi connectivity index (χ0n) is 11.3. The summed E-state index contributed by atoms with van der Waals surface area (Å²) in [5.74, 6) is 1.67. The highest BCUT2D eigenvalue weighted by Gasteiger charge is 2.34. The molecule has 0 radical (unpaired) electrons. The SMILES string of the molecule is O=C1C(NC2CC2)CCCN1c1ccc2c(c1)OCO2. The van der Waals surface area contributed by atoms with E-state index >= 15 is 0 Å². The van der Waals surface area contributed by atoms with Gasteiger partial charge in [0.2, 0.25) is 12.7 Å². The van der Waals surface area contributed by atoms with Crippen LogP contribution in [-0.2, 0) is 4.79 Å². The molecule has 1 aromatic rings. The minimum Gasteiger partial charge on any atom is -0.454 e. The fourth-order valence-corrected chi connectivity index (χ4v) is 2.87. The van der Waals surface area contributed by atoms with E-state index in [1.54, 1.807) is 0 Å². The van der Waals surface area contributed by atoms with Crippen molar-refractivity contribution < 1.29 is 14.3 Å². The van der Waals surface area contributed by atoms with Gasteiger partial charge < -0.3 is 19.7 Å². The number of hydrogen-bond donors (Lipinski definition) is 1. The van der Waals surface area contributed by atoms with Gasteiger partial charge in [-0.15, -0.1) is 0 Å². The Bertz CT molecular complexity index is 542. The second-order valence-electron chi connectivity index (χ2n) is 5.66. The molecule has 1 aliphatic carbocycles. The fraction of sp³-hybridized carbons (Fsp3) is 0.533. The minimum absolute atomic E-state index is 0.0262. The summed E-state index contributed by atoms with van der Waals surface area (Å²) in [4.78, 5) is 14.4. The maximum atomic E-state index is 12.6. The summed E-state index contributed by atoms with van der Waals surface area (Å²) in [6.07, 6.45) is 4.38. The van der Waals surface area contributed by atoms with Crippen LogP contribution >= 0.6 is 0 Å². The van der Waals surface area contributed by atoms with Crippen LogP contribution < -0.4 is 19.7 Å². The number of rotatable bonds is 3. The molecule has 2 aliphatic heterocycles. The number of carbonyl (C=O) groups is 1. The van der Waals surface area contributed by atoms with Gasteiger partial charge in [-0.1, -0.05) is 0 Å². The molecule has 1 amide bonds. The number of amides is 1. The topological polar surface area (TPSA) is 50.8 Å². The summed E-state index contributed by atoms with van der Waals surface area (Å²) >= 11 is 0. The molecule has 1 aromatic carbocycles. The number of fused-ring (bicyclic) bond motifs is 1. The first kappa shape index (κ1) is 12.0. The second kappa shape index (κ2) is 4.66. The van der Waals surface area contributed by atoms with Gasteiger partial charge in [-0.25, -0.2) is 0 Å². The van der Waals surface area contributed by atoms with Crippen molar-refractivity contribution in [1.29, 1.82) is 0 Å². The van der Waals surface area contributed by atoms with Crippen LogP contribution in [0.1, 0.15) is 25.7 Å². The summed E-state index contributed by atoms with van der Waals surface area (Å²) in [6.45, 7) is 1.04. The van der Waals surface area contributed by atoms with Gasteiger partial charge in [-0.05, 0) is 37.8 Å². The fourth-order valence-electron chi connectivity index (χ4n) is 2.87. The average Bonchev–Trinajstić information content (AvgIpc) is 3.15. The lowest BCUT2D eigenvalue weighted by atomic mass is 10.0. The smallest absolute Gasteiger partial charge is 0.244 e. The number of hydrogen-bond acceptors (Lipinski definition) is 4. The van der Waals surface area contributed by atoms with Crippen molar-refractivity contribution in [3.05, 3.63) is 18.2 Å². The van der Waals surface area contributed by atoms with Gasteiger partial charge in [-0.3, -0.25) is 4.79 Å². The molecule has 3 aliphatic rings. The van der Waals surface area contributed by atoms with Gasteiger partial charge in [0.1, 0.15) is 0 Å². The lowest BCUT2D eigenvalue weighted by molar-refractivity contribution is -0.121. The molecule has 1 saturated carbocycles. The van der Waals surface area contributed by atoms with Crippen LogP contribution in [0.2, 0.25) is 0 Å². The average molecular weight is 274 g/mol. The predicted molar refractivity (Wildman–Crippen MR) is 74.1 cm³/mol. The van der Waals surface area contributed by atoms with Gasteiger partial charge in [0.05, 0.1) is 6.04 Å². The van der Waals surface area contributed by atoms with E-state index in [1.807, 2.05) is 23.1 Å². The second-order valence-corrected chi connectivity index (χ2v) is 5.66. The normalized spacial score (nSPS) is 25.1. The molecule has 2 fully saturated rings. The molecular weight excluding hydrogens is 256 g/mol. The van der Waals surface area contributed by atoms with Crippen LogP contribution in [0.25, 0.3) is 0 Å². The quantitative estimate of drug-likeness (QED) is 0.911. The Morgan fingerprint density at radius 3 is 2.85 bits per heavy atom. The molecule has 4 rings (SSSR count). The molecule has 0 bridgehead atoms. The van der Waals surface area contributed by atoms with E-state index in [-0.39, 0.29) is 18.7 Å². The number of piperidine rings is 1. The Morgan fingerprint density at radius 2 is 2.00 bits per heavy atom. The Hall–Kier alpha value is -1.75. The molecule has 1 N–H and O–H groups in total. The Morgan fingerprint density at radius 1 is 1.15 bits per heavy atom. The molecular formula is C15H18N2O3. The largest absolute Gasteiger partial charge is 0.454 e. The zero-order valence-corrected chi connectivity index (χ0v) is 11.3. The first-order valence-electron chi connectivity index (χ1n) is 7.28. The predicted octanol–water partition coefficient (Wildman–Crippen LogP) is 1.66. The zero-order chi connectivity index (χ0) is 13.5. The van der Waals surface area contributed by atoms with Crippen LogP contribution in [-0.4, -0.2) is 31.3 Å². The minimum atomic E-state index is -0.0262. The van der Waals surface area contributed by atoms with Crippen LogP contribution in [0.5, 0.6) is 11.5 Å². The van der Waals surface area contributed by atoms with E-state index in [0.717, 1.165) is 36.6 Å². The van der Waals surface area contributed by atoms with Crippen molar-refractivity contribution in [3.63, 3.8) is 0 Å². The van der Waals surface area contributed by atoms with E-state index in [1.165, 1.54) is 12.8 Å². The molecule has 0 spiro atoms. The van der Waals surface area contributed by atoms with Crippen LogP contribution in [0.15, 0.2) is 18.2 Å². The van der Waals surface area contributed by atoms with Crippen molar-refractivity contribution in [2.24, 2.45) is 0 Å². The number of anilines is 1. The van der Waals surface area contributed by atoms with Crippen LogP contribution in [0.3, 0.4) is 0 Å². The summed E-state index contributed by atoms with van der Waals surface area (Å²) in [5, 5.41) is 3.45. The number of nitrogens with zero attached hydrogens (tertiary/aromatic N) is 1. The highest BCUT2D eigenvalue weighted by atomic mass is 16.7. The Labute approximate surface area is 117 Å². The molecule has 5 nitrogen and oxygen atoms in total. The Kier molecular flexibility index (Phi) is 2.80. The number of benzene rings is 1. The van der Waals surface area contributed by atoms with Gasteiger partial charge in [0.25, 0.3) is 0 Å². The highest BCUT2D eigenvalue weighted by molar-refractivity contribution is 5.98. The summed E-state index contributed by atoms with van der Waals surface area (Å²) < 4.78 is 10.7. The van der Waals surface area contributed by atoms with E-state index < -0.39 is 0 Å². The monoisotopic (exact) mass is 274 g/mol. The van der Waals surface area contributed by atoms with Gasteiger partial charge in [-0.2, -0.15) is 0 Å². The van der Waals surface area contributed by atoms with E-state index in [9.17, 15) is 4.79 Å². The van der Waals surface area contributed by atoms with Gasteiger partial charge in [0, 0.05) is 24.3 Å². The standard InChI is InChI=1S/C15H18N2O3/c18-15-12(16-10-3-4-10)2-1-7-17(15)11-5-6-13-14(8-11)20-9-19-13/h5-6,8,10,12,16H,1-4,7,9H2. The van der Waals surface area contributed by atoms with E-state index in [2.05, 4.69) is 5.32 Å². The third-order valence-electron chi connectivity index (χ3n) is 4.12. The number of nitrogens with one attached hydrogen (secondary N) is 1.